The second-order valence-corrected chi connectivity index (χ2v) is 4.17. The van der Waals surface area contributed by atoms with Crippen LogP contribution in [0, 0.1) is 0 Å². The Balaban J connectivity index is 0.00000324. The molecule has 0 saturated carbocycles. The molecule has 19 heavy (non-hydrogen) atoms. The lowest BCUT2D eigenvalue weighted by Crippen LogP contribution is -2.63. The molecule has 0 radical (unpaired) electrons. The van der Waals surface area contributed by atoms with Crippen LogP contribution in [-0.4, -0.2) is 84.6 Å². The summed E-state index contributed by atoms with van der Waals surface area (Å²) < 4.78 is 4.63. The van der Waals surface area contributed by atoms with Gasteiger partial charge in [0.05, 0.1) is 12.7 Å². The highest BCUT2D eigenvalue weighted by Gasteiger charge is 2.53. The summed E-state index contributed by atoms with van der Waals surface area (Å²) in [7, 11) is 0. The van der Waals surface area contributed by atoms with Crippen molar-refractivity contribution in [1.29, 1.82) is 0 Å². The summed E-state index contributed by atoms with van der Waals surface area (Å²) in [6, 6.07) is 0. The van der Waals surface area contributed by atoms with Crippen LogP contribution >= 0.6 is 0 Å². The monoisotopic (exact) mass is 286 g/mol. The molecule has 114 valence electrons. The summed E-state index contributed by atoms with van der Waals surface area (Å²) in [6.45, 7) is -0.866. The van der Waals surface area contributed by atoms with E-state index in [1.54, 1.807) is 0 Å². The topological polar surface area (TPSA) is 204 Å². The van der Waals surface area contributed by atoms with Gasteiger partial charge in [0.1, 0.15) is 24.4 Å². The molecule has 6 atom stereocenters. The molecule has 1 saturated heterocycles. The Labute approximate surface area is 108 Å². The standard InChI is InChI=1S/C9H16O9.H3N/c10-2-4(12)6(14)7-5(13)3(11)1-9(17,18-7)8(15)16;/h3-7,10-14,17H,1-2H2,(H,15,16);1H3/p+1/t3-,4+,5+,6+,7+,9-;/m0./s1. The Hall–Kier alpha value is -0.850. The summed E-state index contributed by atoms with van der Waals surface area (Å²) >= 11 is 0. The molecule has 1 fully saturated rings. The molecule has 1 rings (SSSR count). The minimum Gasteiger partial charge on any atom is -0.477 e. The van der Waals surface area contributed by atoms with Crippen LogP contribution < -0.4 is 6.15 Å². The molecule has 0 amide bonds. The average Bonchev–Trinajstić information content (AvgIpc) is 2.31. The number of carboxylic acids is 1. The summed E-state index contributed by atoms with van der Waals surface area (Å²) in [6.07, 6.45) is -9.50. The second kappa shape index (κ2) is 6.54. The van der Waals surface area contributed by atoms with Crippen LogP contribution in [0.5, 0.6) is 0 Å². The summed E-state index contributed by atoms with van der Waals surface area (Å²) in [5.74, 6) is -4.58. The Morgan fingerprint density at radius 3 is 2.32 bits per heavy atom. The Morgan fingerprint density at radius 2 is 1.89 bits per heavy atom. The molecule has 0 spiro atoms. The van der Waals surface area contributed by atoms with Gasteiger partial charge in [0, 0.05) is 6.42 Å². The van der Waals surface area contributed by atoms with Gasteiger partial charge in [-0.05, 0) is 0 Å². The van der Waals surface area contributed by atoms with Crippen molar-refractivity contribution in [3.8, 4) is 0 Å². The van der Waals surface area contributed by atoms with Crippen molar-refractivity contribution in [2.75, 3.05) is 6.61 Å². The number of aliphatic hydroxyl groups excluding tert-OH is 5. The number of quaternary nitrogens is 1. The molecule has 1 heterocycles. The van der Waals surface area contributed by atoms with Gasteiger partial charge in [-0.2, -0.15) is 0 Å². The fourth-order valence-corrected chi connectivity index (χ4v) is 1.70. The highest BCUT2D eigenvalue weighted by Crippen LogP contribution is 2.30. The minimum absolute atomic E-state index is 0. The van der Waals surface area contributed by atoms with Gasteiger partial charge in [0.25, 0.3) is 5.79 Å². The molecule has 0 aliphatic carbocycles. The molecule has 0 aromatic carbocycles. The third-order valence-electron chi connectivity index (χ3n) is 2.80. The average molecular weight is 286 g/mol. The van der Waals surface area contributed by atoms with Crippen molar-refractivity contribution in [2.45, 2.75) is 42.7 Å². The van der Waals surface area contributed by atoms with Gasteiger partial charge >= 0.3 is 5.97 Å². The SMILES string of the molecule is O=C(O)[C@]1(O)C[C@H](O)[C@@H](O)[C@H]([C@H](O)[C@H](O)CO)O1.[NH4+]. The first kappa shape index (κ1) is 18.1. The zero-order valence-corrected chi connectivity index (χ0v) is 10.2. The predicted octanol–water partition coefficient (Wildman–Crippen LogP) is -3.64. The first-order valence-electron chi connectivity index (χ1n) is 5.19. The predicted molar refractivity (Wildman–Crippen MR) is 59.2 cm³/mol. The number of aliphatic hydroxyl groups is 6. The van der Waals surface area contributed by atoms with Crippen molar-refractivity contribution in [2.24, 2.45) is 0 Å². The first-order chi connectivity index (χ1) is 8.23. The maximum absolute atomic E-state index is 10.8. The maximum atomic E-state index is 10.8. The van der Waals surface area contributed by atoms with Crippen molar-refractivity contribution in [3.05, 3.63) is 0 Å². The van der Waals surface area contributed by atoms with E-state index in [0.29, 0.717) is 0 Å². The molecular formula is C9H20NO9+. The van der Waals surface area contributed by atoms with E-state index in [4.69, 9.17) is 10.2 Å². The molecule has 0 bridgehead atoms. The van der Waals surface area contributed by atoms with Crippen LogP contribution in [0.1, 0.15) is 6.42 Å². The smallest absolute Gasteiger partial charge is 0.364 e. The number of aliphatic carboxylic acids is 1. The van der Waals surface area contributed by atoms with Gasteiger partial charge in [0.15, 0.2) is 0 Å². The molecule has 10 nitrogen and oxygen atoms in total. The zero-order valence-electron chi connectivity index (χ0n) is 10.2. The van der Waals surface area contributed by atoms with Gasteiger partial charge < -0.3 is 46.6 Å². The number of carbonyl (C=O) groups is 1. The number of hydrogen-bond acceptors (Lipinski definition) is 8. The number of rotatable bonds is 4. The van der Waals surface area contributed by atoms with Gasteiger partial charge in [-0.25, -0.2) is 4.79 Å². The van der Waals surface area contributed by atoms with Crippen molar-refractivity contribution < 1.29 is 45.3 Å². The summed E-state index contributed by atoms with van der Waals surface area (Å²) in [5, 5.41) is 64.6. The third-order valence-corrected chi connectivity index (χ3v) is 2.80. The lowest BCUT2D eigenvalue weighted by Gasteiger charge is -2.42. The zero-order chi connectivity index (χ0) is 14.1. The highest BCUT2D eigenvalue weighted by molar-refractivity contribution is 5.75. The van der Waals surface area contributed by atoms with Crippen LogP contribution in [-0.2, 0) is 9.53 Å². The normalized spacial score (nSPS) is 38.1. The van der Waals surface area contributed by atoms with Crippen LogP contribution in [0.15, 0.2) is 0 Å². The van der Waals surface area contributed by atoms with E-state index in [-0.39, 0.29) is 6.15 Å². The quantitative estimate of drug-likeness (QED) is 0.256. The van der Waals surface area contributed by atoms with E-state index in [2.05, 4.69) is 4.74 Å². The third kappa shape index (κ3) is 3.58. The van der Waals surface area contributed by atoms with Crippen LogP contribution in [0.3, 0.4) is 0 Å². The molecule has 0 unspecified atom stereocenters. The molecular weight excluding hydrogens is 266 g/mol. The van der Waals surface area contributed by atoms with Crippen LogP contribution in [0.25, 0.3) is 0 Å². The largest absolute Gasteiger partial charge is 0.477 e. The molecule has 0 aromatic heterocycles. The Morgan fingerprint density at radius 1 is 1.37 bits per heavy atom. The minimum atomic E-state index is -2.78. The Kier molecular flexibility index (Phi) is 6.25. The summed E-state index contributed by atoms with van der Waals surface area (Å²) in [4.78, 5) is 10.8. The Bertz CT molecular complexity index is 314. The van der Waals surface area contributed by atoms with Crippen molar-refractivity contribution in [3.63, 3.8) is 0 Å². The fourth-order valence-electron chi connectivity index (χ4n) is 1.70. The maximum Gasteiger partial charge on any atom is 0.364 e. The van der Waals surface area contributed by atoms with E-state index in [1.807, 2.05) is 0 Å². The lowest BCUT2D eigenvalue weighted by atomic mass is 9.91. The van der Waals surface area contributed by atoms with E-state index in [1.165, 1.54) is 0 Å². The van der Waals surface area contributed by atoms with E-state index < -0.39 is 55.3 Å². The fraction of sp³-hybridized carbons (Fsp3) is 0.889. The van der Waals surface area contributed by atoms with E-state index in [9.17, 15) is 30.3 Å². The highest BCUT2D eigenvalue weighted by atomic mass is 16.7. The van der Waals surface area contributed by atoms with Crippen molar-refractivity contribution >= 4 is 5.97 Å². The first-order valence-corrected chi connectivity index (χ1v) is 5.19. The van der Waals surface area contributed by atoms with Crippen molar-refractivity contribution in [1.82, 2.24) is 6.15 Å². The van der Waals surface area contributed by atoms with E-state index in [0.717, 1.165) is 0 Å². The second-order valence-electron chi connectivity index (χ2n) is 4.17. The number of hydrogen-bond donors (Lipinski definition) is 8. The van der Waals surface area contributed by atoms with E-state index >= 15 is 0 Å². The number of ether oxygens (including phenoxy) is 1. The van der Waals surface area contributed by atoms with Gasteiger partial charge in [-0.1, -0.05) is 0 Å². The number of carboxylic acid groups (broad SMARTS) is 1. The van der Waals surface area contributed by atoms with Crippen LogP contribution in [0.4, 0.5) is 0 Å². The van der Waals surface area contributed by atoms with Crippen LogP contribution in [0.2, 0.25) is 0 Å². The molecule has 0 aromatic rings. The molecule has 1 aliphatic rings. The van der Waals surface area contributed by atoms with Gasteiger partial charge in [-0.3, -0.25) is 0 Å². The molecule has 1 aliphatic heterocycles. The lowest BCUT2D eigenvalue weighted by molar-refractivity contribution is -0.312. The van der Waals surface area contributed by atoms with Gasteiger partial charge in [0.2, 0.25) is 0 Å². The molecule has 11 N–H and O–H groups in total. The summed E-state index contributed by atoms with van der Waals surface area (Å²) in [5.41, 5.74) is 0. The van der Waals surface area contributed by atoms with Gasteiger partial charge in [-0.15, -0.1) is 0 Å². The molecule has 10 heteroatoms.